The molecule has 0 radical (unpaired) electrons. The van der Waals surface area contributed by atoms with Crippen LogP contribution < -0.4 is 16.1 Å². The maximum atomic E-state index is 11.3. The minimum atomic E-state index is -0.383. The fraction of sp³-hybridized carbons (Fsp3) is 0.429. The van der Waals surface area contributed by atoms with Gasteiger partial charge in [-0.1, -0.05) is 25.2 Å². The van der Waals surface area contributed by atoms with Crippen molar-refractivity contribution in [2.75, 3.05) is 13.1 Å². The van der Waals surface area contributed by atoms with Crippen molar-refractivity contribution in [2.24, 2.45) is 5.92 Å². The summed E-state index contributed by atoms with van der Waals surface area (Å²) in [5.74, 6) is -0.0546. The standard InChI is InChI=1S/C21H30N4O2S2/c1-4-9-22-12-16(15(3)5-2)8-10-23-13-21-24-18(14-28-21)19-7-6-17(29-19)11-20(26)25-27/h4-6,12,14-15,19,22-23,27H,1-2,7-11,13H2,3H3,(H,25,26)/b16-12-. The number of hydrogen-bond donors (Lipinski definition) is 4. The molecule has 1 aliphatic rings. The molecular weight excluding hydrogens is 404 g/mol. The smallest absolute Gasteiger partial charge is 0.248 e. The van der Waals surface area contributed by atoms with E-state index in [1.807, 2.05) is 12.2 Å². The summed E-state index contributed by atoms with van der Waals surface area (Å²) < 4.78 is 0. The number of hydroxylamine groups is 1. The number of rotatable bonds is 13. The first-order valence-corrected chi connectivity index (χ1v) is 11.4. The van der Waals surface area contributed by atoms with Crippen LogP contribution in [0.3, 0.4) is 0 Å². The van der Waals surface area contributed by atoms with Gasteiger partial charge < -0.3 is 10.6 Å². The van der Waals surface area contributed by atoms with Gasteiger partial charge in [0.1, 0.15) is 5.01 Å². The fourth-order valence-electron chi connectivity index (χ4n) is 2.85. The van der Waals surface area contributed by atoms with Gasteiger partial charge in [0.2, 0.25) is 5.91 Å². The Morgan fingerprint density at radius 3 is 3.03 bits per heavy atom. The van der Waals surface area contributed by atoms with Gasteiger partial charge in [-0.2, -0.15) is 0 Å². The Balaban J connectivity index is 1.76. The van der Waals surface area contributed by atoms with E-state index in [2.05, 4.69) is 48.4 Å². The Bertz CT molecular complexity index is 758. The Labute approximate surface area is 181 Å². The average Bonchev–Trinajstić information content (AvgIpc) is 3.38. The molecule has 0 saturated carbocycles. The van der Waals surface area contributed by atoms with E-state index in [0.29, 0.717) is 5.92 Å². The first kappa shape index (κ1) is 23.4. The molecule has 0 spiro atoms. The van der Waals surface area contributed by atoms with Crippen LogP contribution in [-0.2, 0) is 11.3 Å². The second-order valence-electron chi connectivity index (χ2n) is 6.76. The van der Waals surface area contributed by atoms with E-state index in [1.54, 1.807) is 28.6 Å². The summed E-state index contributed by atoms with van der Waals surface area (Å²) in [6, 6.07) is 0. The molecule has 29 heavy (non-hydrogen) atoms. The molecule has 2 atom stereocenters. The molecule has 1 aromatic heterocycles. The van der Waals surface area contributed by atoms with Crippen molar-refractivity contribution in [3.05, 3.63) is 64.1 Å². The molecule has 1 aromatic rings. The van der Waals surface area contributed by atoms with E-state index in [0.717, 1.165) is 48.1 Å². The largest absolute Gasteiger partial charge is 0.387 e. The van der Waals surface area contributed by atoms with Crippen molar-refractivity contribution in [2.45, 2.75) is 38.0 Å². The van der Waals surface area contributed by atoms with E-state index in [4.69, 9.17) is 10.2 Å². The zero-order valence-corrected chi connectivity index (χ0v) is 18.5. The van der Waals surface area contributed by atoms with Gasteiger partial charge in [-0.05, 0) is 42.0 Å². The monoisotopic (exact) mass is 434 g/mol. The third kappa shape index (κ3) is 7.81. The molecule has 158 valence electrons. The number of aromatic nitrogens is 1. The summed E-state index contributed by atoms with van der Waals surface area (Å²) in [5, 5.41) is 18.8. The van der Waals surface area contributed by atoms with Gasteiger partial charge in [-0.15, -0.1) is 36.3 Å². The molecule has 2 unspecified atom stereocenters. The highest BCUT2D eigenvalue weighted by atomic mass is 32.2. The first-order chi connectivity index (χ1) is 14.1. The Morgan fingerprint density at radius 2 is 2.31 bits per heavy atom. The lowest BCUT2D eigenvalue weighted by Gasteiger charge is -2.13. The number of nitrogens with zero attached hydrogens (tertiary/aromatic N) is 1. The lowest BCUT2D eigenvalue weighted by atomic mass is 9.99. The Morgan fingerprint density at radius 1 is 1.48 bits per heavy atom. The average molecular weight is 435 g/mol. The van der Waals surface area contributed by atoms with Gasteiger partial charge in [0.05, 0.1) is 17.4 Å². The van der Waals surface area contributed by atoms with Crippen LogP contribution in [0.2, 0.25) is 0 Å². The number of carbonyl (C=O) groups excluding carboxylic acids is 1. The zero-order valence-electron chi connectivity index (χ0n) is 16.8. The van der Waals surface area contributed by atoms with Crippen LogP contribution >= 0.6 is 23.1 Å². The van der Waals surface area contributed by atoms with Crippen molar-refractivity contribution in [3.63, 3.8) is 0 Å². The van der Waals surface area contributed by atoms with Gasteiger partial charge in [0, 0.05) is 18.5 Å². The van der Waals surface area contributed by atoms with Crippen LogP contribution in [0.1, 0.15) is 42.1 Å². The maximum Gasteiger partial charge on any atom is 0.248 e. The molecule has 0 fully saturated rings. The molecule has 2 rings (SSSR count). The number of nitrogens with one attached hydrogen (secondary N) is 3. The highest BCUT2D eigenvalue weighted by molar-refractivity contribution is 8.03. The quantitative estimate of drug-likeness (QED) is 0.162. The van der Waals surface area contributed by atoms with Crippen molar-refractivity contribution >= 4 is 29.0 Å². The maximum absolute atomic E-state index is 11.3. The molecule has 8 heteroatoms. The van der Waals surface area contributed by atoms with Crippen LogP contribution in [0, 0.1) is 5.92 Å². The van der Waals surface area contributed by atoms with Crippen LogP contribution in [-0.4, -0.2) is 29.2 Å². The van der Waals surface area contributed by atoms with E-state index < -0.39 is 0 Å². The topological polar surface area (TPSA) is 86.3 Å². The molecule has 0 bridgehead atoms. The second-order valence-corrected chi connectivity index (χ2v) is 9.03. The van der Waals surface area contributed by atoms with E-state index in [9.17, 15) is 4.79 Å². The van der Waals surface area contributed by atoms with Crippen molar-refractivity contribution in [1.29, 1.82) is 0 Å². The number of carbonyl (C=O) groups is 1. The lowest BCUT2D eigenvalue weighted by Crippen LogP contribution is -2.18. The summed E-state index contributed by atoms with van der Waals surface area (Å²) in [7, 11) is 0. The minimum absolute atomic E-state index is 0.219. The number of hydrogen-bond acceptors (Lipinski definition) is 7. The third-order valence-electron chi connectivity index (χ3n) is 4.57. The van der Waals surface area contributed by atoms with Crippen molar-refractivity contribution < 1.29 is 10.0 Å². The summed E-state index contributed by atoms with van der Waals surface area (Å²) in [5.41, 5.74) is 4.04. The normalized spacial score (nSPS) is 17.5. The molecule has 1 aliphatic heterocycles. The van der Waals surface area contributed by atoms with Crippen LogP contribution in [0.15, 0.2) is 53.4 Å². The molecule has 2 heterocycles. The fourth-order valence-corrected chi connectivity index (χ4v) is 4.96. The molecule has 6 nitrogen and oxygen atoms in total. The number of thiazole rings is 1. The zero-order chi connectivity index (χ0) is 21.1. The first-order valence-electron chi connectivity index (χ1n) is 9.66. The predicted octanol–water partition coefficient (Wildman–Crippen LogP) is 4.06. The summed E-state index contributed by atoms with van der Waals surface area (Å²) in [4.78, 5) is 17.0. The Hall–Kier alpha value is -1.87. The van der Waals surface area contributed by atoms with Gasteiger partial charge in [0.15, 0.2) is 0 Å². The van der Waals surface area contributed by atoms with Gasteiger partial charge >= 0.3 is 0 Å². The predicted molar refractivity (Wildman–Crippen MR) is 122 cm³/mol. The molecule has 4 N–H and O–H groups in total. The van der Waals surface area contributed by atoms with Crippen LogP contribution in [0.25, 0.3) is 0 Å². The van der Waals surface area contributed by atoms with E-state index >= 15 is 0 Å². The van der Waals surface area contributed by atoms with Crippen LogP contribution in [0.4, 0.5) is 0 Å². The SMILES string of the molecule is C=CCN/C=C(/CCNCc1nc(C2CC=C(CC(=O)NO)S2)cs1)C(C)C=C. The molecule has 0 aromatic carbocycles. The summed E-state index contributed by atoms with van der Waals surface area (Å²) in [6.45, 7) is 12.1. The van der Waals surface area contributed by atoms with Crippen molar-refractivity contribution in [3.8, 4) is 0 Å². The third-order valence-corrected chi connectivity index (χ3v) is 6.77. The van der Waals surface area contributed by atoms with E-state index in [-0.39, 0.29) is 17.6 Å². The number of amides is 1. The van der Waals surface area contributed by atoms with Gasteiger partial charge in [-0.25, -0.2) is 10.5 Å². The number of allylic oxidation sites excluding steroid dienone is 2. The summed E-state index contributed by atoms with van der Waals surface area (Å²) >= 11 is 3.31. The molecule has 0 aliphatic carbocycles. The second kappa shape index (κ2) is 12.6. The van der Waals surface area contributed by atoms with Gasteiger partial charge in [0.25, 0.3) is 0 Å². The molecule has 1 amide bonds. The lowest BCUT2D eigenvalue weighted by molar-refractivity contribution is -0.128. The summed E-state index contributed by atoms with van der Waals surface area (Å²) in [6.07, 6.45) is 9.94. The van der Waals surface area contributed by atoms with Crippen molar-refractivity contribution in [1.82, 2.24) is 21.1 Å². The highest BCUT2D eigenvalue weighted by Gasteiger charge is 2.23. The van der Waals surface area contributed by atoms with Gasteiger partial charge in [-0.3, -0.25) is 10.0 Å². The molecular formula is C21H30N4O2S2. The number of thioether (sulfide) groups is 1. The van der Waals surface area contributed by atoms with Crippen LogP contribution in [0.5, 0.6) is 0 Å². The Kier molecular flexibility index (Phi) is 10.2. The molecule has 0 saturated heterocycles. The highest BCUT2D eigenvalue weighted by Crippen LogP contribution is 2.44. The van der Waals surface area contributed by atoms with E-state index in [1.165, 1.54) is 5.57 Å². The minimum Gasteiger partial charge on any atom is -0.387 e.